The Morgan fingerprint density at radius 1 is 1.27 bits per heavy atom. The molecule has 1 aromatic rings. The number of hydrogen-bond acceptors (Lipinski definition) is 4. The van der Waals surface area contributed by atoms with Crippen LogP contribution >= 0.6 is 0 Å². The maximum Gasteiger partial charge on any atom is 0.308 e. The Labute approximate surface area is 127 Å². The van der Waals surface area contributed by atoms with E-state index < -0.39 is 23.6 Å². The lowest BCUT2D eigenvalue weighted by Crippen LogP contribution is -2.31. The Balaban J connectivity index is 2.36. The summed E-state index contributed by atoms with van der Waals surface area (Å²) < 4.78 is 24.3. The van der Waals surface area contributed by atoms with Gasteiger partial charge in [-0.25, -0.2) is 4.39 Å². The van der Waals surface area contributed by atoms with E-state index in [2.05, 4.69) is 0 Å². The van der Waals surface area contributed by atoms with Crippen LogP contribution in [0, 0.1) is 17.7 Å². The lowest BCUT2D eigenvalue weighted by molar-refractivity contribution is -0.142. The predicted molar refractivity (Wildman–Crippen MR) is 75.7 cm³/mol. The zero-order valence-corrected chi connectivity index (χ0v) is 12.6. The van der Waals surface area contributed by atoms with Crippen molar-refractivity contribution in [3.05, 3.63) is 23.5 Å². The maximum atomic E-state index is 14.1. The number of benzene rings is 1. The molecular weight excluding hydrogens is 293 g/mol. The average Bonchev–Trinajstić information content (AvgIpc) is 2.88. The fourth-order valence-electron chi connectivity index (χ4n) is 2.71. The molecule has 2 rings (SSSR count). The molecule has 22 heavy (non-hydrogen) atoms. The average molecular weight is 311 g/mol. The molecule has 1 aliphatic rings. The second kappa shape index (κ2) is 6.21. The first kappa shape index (κ1) is 16.1. The molecule has 1 N–H and O–H groups in total. The topological polar surface area (TPSA) is 76.1 Å². The zero-order valence-electron chi connectivity index (χ0n) is 12.6. The highest BCUT2D eigenvalue weighted by atomic mass is 19.1. The first-order valence-electron chi connectivity index (χ1n) is 6.83. The Bertz CT molecular complexity index is 604. The summed E-state index contributed by atoms with van der Waals surface area (Å²) in [5.41, 5.74) is -0.236. The van der Waals surface area contributed by atoms with Crippen LogP contribution in [0.2, 0.25) is 0 Å². The molecule has 7 heteroatoms. The van der Waals surface area contributed by atoms with Gasteiger partial charge in [0.1, 0.15) is 11.4 Å². The number of likely N-dealkylation sites (tertiary alicyclic amines) is 1. The van der Waals surface area contributed by atoms with Gasteiger partial charge < -0.3 is 19.5 Å². The van der Waals surface area contributed by atoms with E-state index in [0.717, 1.165) is 6.07 Å². The van der Waals surface area contributed by atoms with Gasteiger partial charge in [0.15, 0.2) is 11.5 Å². The predicted octanol–water partition coefficient (Wildman–Crippen LogP) is 1.64. The molecule has 0 radical (unpaired) electrons. The smallest absolute Gasteiger partial charge is 0.308 e. The number of carboxylic acid groups (broad SMARTS) is 1. The summed E-state index contributed by atoms with van der Waals surface area (Å²) in [5, 5.41) is 9.13. The van der Waals surface area contributed by atoms with Crippen molar-refractivity contribution in [2.75, 3.05) is 27.3 Å². The zero-order chi connectivity index (χ0) is 16.4. The van der Waals surface area contributed by atoms with Gasteiger partial charge in [-0.3, -0.25) is 9.59 Å². The van der Waals surface area contributed by atoms with E-state index in [1.165, 1.54) is 25.2 Å². The Morgan fingerprint density at radius 3 is 2.45 bits per heavy atom. The molecule has 0 aliphatic carbocycles. The molecule has 1 fully saturated rings. The molecule has 1 heterocycles. The van der Waals surface area contributed by atoms with Crippen molar-refractivity contribution in [1.29, 1.82) is 0 Å². The van der Waals surface area contributed by atoms with E-state index in [1.807, 2.05) is 0 Å². The molecule has 6 nitrogen and oxygen atoms in total. The Hall–Kier alpha value is -2.31. The van der Waals surface area contributed by atoms with Crippen LogP contribution in [-0.4, -0.2) is 49.2 Å². The number of methoxy groups -OCH3 is 2. The first-order chi connectivity index (χ1) is 10.4. The van der Waals surface area contributed by atoms with Crippen molar-refractivity contribution in [3.63, 3.8) is 0 Å². The van der Waals surface area contributed by atoms with E-state index >= 15 is 0 Å². The van der Waals surface area contributed by atoms with Crippen LogP contribution in [0.3, 0.4) is 0 Å². The van der Waals surface area contributed by atoms with Crippen molar-refractivity contribution in [2.45, 2.75) is 6.92 Å². The van der Waals surface area contributed by atoms with Crippen molar-refractivity contribution in [3.8, 4) is 11.5 Å². The van der Waals surface area contributed by atoms with Crippen LogP contribution in [0.25, 0.3) is 0 Å². The Morgan fingerprint density at radius 2 is 1.95 bits per heavy atom. The van der Waals surface area contributed by atoms with Crippen LogP contribution in [0.1, 0.15) is 17.3 Å². The largest absolute Gasteiger partial charge is 0.493 e. The van der Waals surface area contributed by atoms with Crippen LogP contribution in [0.4, 0.5) is 4.39 Å². The summed E-state index contributed by atoms with van der Waals surface area (Å²) in [6.07, 6.45) is 0. The van der Waals surface area contributed by atoms with E-state index in [1.54, 1.807) is 6.92 Å². The number of carboxylic acids is 1. The second-order valence-electron chi connectivity index (χ2n) is 5.29. The second-order valence-corrected chi connectivity index (χ2v) is 5.29. The molecule has 2 atom stereocenters. The monoisotopic (exact) mass is 311 g/mol. The quantitative estimate of drug-likeness (QED) is 0.915. The molecule has 0 aromatic heterocycles. The van der Waals surface area contributed by atoms with Crippen molar-refractivity contribution in [1.82, 2.24) is 4.90 Å². The number of carbonyl (C=O) groups is 2. The number of halogens is 1. The number of hydrogen-bond donors (Lipinski definition) is 1. The highest BCUT2D eigenvalue weighted by Crippen LogP contribution is 2.35. The third-order valence-electron chi connectivity index (χ3n) is 3.93. The molecule has 1 saturated heterocycles. The van der Waals surface area contributed by atoms with E-state index in [9.17, 15) is 14.0 Å². The SMILES string of the molecule is COc1ccc(F)c(C(=O)N2C[C@@H](C)[C@H](C(=O)O)C2)c1OC. The van der Waals surface area contributed by atoms with Crippen molar-refractivity contribution in [2.24, 2.45) is 11.8 Å². The van der Waals surface area contributed by atoms with Crippen molar-refractivity contribution < 1.29 is 28.6 Å². The third-order valence-corrected chi connectivity index (χ3v) is 3.93. The fraction of sp³-hybridized carbons (Fsp3) is 0.467. The minimum Gasteiger partial charge on any atom is -0.493 e. The van der Waals surface area contributed by atoms with Gasteiger partial charge in [0.2, 0.25) is 0 Å². The molecular formula is C15H18FNO5. The minimum absolute atomic E-state index is 0.0129. The number of aliphatic carboxylic acids is 1. The number of rotatable bonds is 4. The van der Waals surface area contributed by atoms with Crippen LogP contribution in [-0.2, 0) is 4.79 Å². The van der Waals surface area contributed by atoms with Crippen molar-refractivity contribution >= 4 is 11.9 Å². The highest BCUT2D eigenvalue weighted by Gasteiger charge is 2.39. The summed E-state index contributed by atoms with van der Waals surface area (Å²) in [4.78, 5) is 25.1. The number of carbonyl (C=O) groups excluding carboxylic acids is 1. The van der Waals surface area contributed by atoms with E-state index in [-0.39, 0.29) is 36.1 Å². The maximum absolute atomic E-state index is 14.1. The fourth-order valence-corrected chi connectivity index (χ4v) is 2.71. The van der Waals surface area contributed by atoms with Crippen LogP contribution < -0.4 is 9.47 Å². The van der Waals surface area contributed by atoms with Gasteiger partial charge in [-0.05, 0) is 18.1 Å². The number of nitrogens with zero attached hydrogens (tertiary/aromatic N) is 1. The molecule has 1 amide bonds. The van der Waals surface area contributed by atoms with Gasteiger partial charge in [-0.2, -0.15) is 0 Å². The van der Waals surface area contributed by atoms with E-state index in [0.29, 0.717) is 0 Å². The summed E-state index contributed by atoms with van der Waals surface area (Å²) in [6.45, 7) is 2.07. The van der Waals surface area contributed by atoms with Crippen LogP contribution in [0.5, 0.6) is 11.5 Å². The molecule has 0 saturated carbocycles. The Kier molecular flexibility index (Phi) is 4.54. The third kappa shape index (κ3) is 2.70. The molecule has 0 bridgehead atoms. The summed E-state index contributed by atoms with van der Waals surface area (Å²) in [5.74, 6) is -2.86. The molecule has 1 aromatic carbocycles. The normalized spacial score (nSPS) is 20.8. The van der Waals surface area contributed by atoms with Crippen LogP contribution in [0.15, 0.2) is 12.1 Å². The summed E-state index contributed by atoms with van der Waals surface area (Å²) in [6, 6.07) is 2.50. The van der Waals surface area contributed by atoms with Gasteiger partial charge in [-0.15, -0.1) is 0 Å². The lowest BCUT2D eigenvalue weighted by atomic mass is 9.99. The molecule has 120 valence electrons. The lowest BCUT2D eigenvalue weighted by Gasteiger charge is -2.19. The standard InChI is InChI=1S/C15H18FNO5/c1-8-6-17(7-9(8)15(19)20)14(18)12-10(16)4-5-11(21-2)13(12)22-3/h4-5,8-9H,6-7H2,1-3H3,(H,19,20)/t8-,9-/m1/s1. The van der Waals surface area contributed by atoms with Gasteiger partial charge >= 0.3 is 5.97 Å². The summed E-state index contributed by atoms with van der Waals surface area (Å²) >= 11 is 0. The molecule has 0 unspecified atom stereocenters. The van der Waals surface area contributed by atoms with E-state index in [4.69, 9.17) is 14.6 Å². The summed E-state index contributed by atoms with van der Waals surface area (Å²) in [7, 11) is 2.71. The van der Waals surface area contributed by atoms with Gasteiger partial charge in [0.05, 0.1) is 20.1 Å². The minimum atomic E-state index is -0.958. The number of ether oxygens (including phenoxy) is 2. The van der Waals surface area contributed by atoms with Gasteiger partial charge in [-0.1, -0.05) is 6.92 Å². The van der Waals surface area contributed by atoms with Gasteiger partial charge in [0, 0.05) is 13.1 Å². The molecule has 0 spiro atoms. The van der Waals surface area contributed by atoms with Gasteiger partial charge in [0.25, 0.3) is 5.91 Å². The molecule has 1 aliphatic heterocycles. The first-order valence-corrected chi connectivity index (χ1v) is 6.83. The number of amides is 1. The highest BCUT2D eigenvalue weighted by molar-refractivity contribution is 5.98.